The summed E-state index contributed by atoms with van der Waals surface area (Å²) in [5.74, 6) is 1.98. The molecule has 0 saturated carbocycles. The van der Waals surface area contributed by atoms with Crippen LogP contribution in [0.15, 0.2) is 11.8 Å². The van der Waals surface area contributed by atoms with Gasteiger partial charge in [0, 0.05) is 5.92 Å². The fourth-order valence-corrected chi connectivity index (χ4v) is 2.94. The SMILES string of the molecule is CCC(C)C1(C)C=C2OC(=O)C(C)C2CC1. The summed E-state index contributed by atoms with van der Waals surface area (Å²) in [6, 6.07) is 0. The van der Waals surface area contributed by atoms with E-state index in [1.165, 1.54) is 12.8 Å². The maximum atomic E-state index is 11.5. The summed E-state index contributed by atoms with van der Waals surface area (Å²) in [6.07, 6.45) is 5.68. The fourth-order valence-electron chi connectivity index (χ4n) is 2.94. The molecule has 0 spiro atoms. The number of rotatable bonds is 2. The first-order chi connectivity index (χ1) is 7.48. The predicted octanol–water partition coefficient (Wildman–Crippen LogP) is 3.53. The minimum Gasteiger partial charge on any atom is -0.431 e. The second-order valence-electron chi connectivity index (χ2n) is 5.72. The molecule has 0 amide bonds. The third kappa shape index (κ3) is 1.68. The molecule has 1 aliphatic carbocycles. The van der Waals surface area contributed by atoms with Crippen molar-refractivity contribution in [3.05, 3.63) is 11.8 Å². The van der Waals surface area contributed by atoms with E-state index in [2.05, 4.69) is 26.8 Å². The van der Waals surface area contributed by atoms with Gasteiger partial charge in [0.15, 0.2) is 0 Å². The summed E-state index contributed by atoms with van der Waals surface area (Å²) in [5, 5.41) is 0. The Bertz CT molecular complexity index is 332. The number of ether oxygens (including phenoxy) is 1. The van der Waals surface area contributed by atoms with E-state index in [-0.39, 0.29) is 17.3 Å². The van der Waals surface area contributed by atoms with Gasteiger partial charge in [-0.15, -0.1) is 0 Å². The van der Waals surface area contributed by atoms with E-state index >= 15 is 0 Å². The van der Waals surface area contributed by atoms with Crippen molar-refractivity contribution in [1.29, 1.82) is 0 Å². The number of esters is 1. The van der Waals surface area contributed by atoms with Gasteiger partial charge in [-0.2, -0.15) is 0 Å². The third-order valence-electron chi connectivity index (χ3n) is 4.76. The van der Waals surface area contributed by atoms with Crippen LogP contribution >= 0.6 is 0 Å². The van der Waals surface area contributed by atoms with Crippen LogP contribution in [0.1, 0.15) is 47.0 Å². The van der Waals surface area contributed by atoms with E-state index in [1.807, 2.05) is 6.92 Å². The normalized spacial score (nSPS) is 40.0. The summed E-state index contributed by atoms with van der Waals surface area (Å²) in [5.41, 5.74) is 0.213. The number of hydrogen-bond donors (Lipinski definition) is 0. The zero-order valence-corrected chi connectivity index (χ0v) is 10.7. The Balaban J connectivity index is 2.26. The molecule has 16 heavy (non-hydrogen) atoms. The summed E-state index contributed by atoms with van der Waals surface area (Å²) in [4.78, 5) is 11.5. The van der Waals surface area contributed by atoms with Gasteiger partial charge in [0.2, 0.25) is 0 Å². The van der Waals surface area contributed by atoms with Crippen LogP contribution in [0.3, 0.4) is 0 Å². The Labute approximate surface area is 98.1 Å². The average Bonchev–Trinajstić information content (AvgIpc) is 2.53. The first-order valence-corrected chi connectivity index (χ1v) is 6.42. The molecule has 1 saturated heterocycles. The lowest BCUT2D eigenvalue weighted by Gasteiger charge is -2.37. The second kappa shape index (κ2) is 3.90. The minimum atomic E-state index is -0.0374. The maximum absolute atomic E-state index is 11.5. The molecule has 2 aliphatic rings. The molecule has 1 heterocycles. The number of allylic oxidation sites excluding steroid dienone is 2. The highest BCUT2D eigenvalue weighted by molar-refractivity contribution is 5.77. The Morgan fingerprint density at radius 3 is 2.94 bits per heavy atom. The third-order valence-corrected chi connectivity index (χ3v) is 4.76. The van der Waals surface area contributed by atoms with Crippen molar-refractivity contribution < 1.29 is 9.53 Å². The zero-order valence-electron chi connectivity index (χ0n) is 10.7. The summed E-state index contributed by atoms with van der Waals surface area (Å²) in [7, 11) is 0. The summed E-state index contributed by atoms with van der Waals surface area (Å²) in [6.45, 7) is 8.79. The van der Waals surface area contributed by atoms with Gasteiger partial charge in [0.05, 0.1) is 5.92 Å². The van der Waals surface area contributed by atoms with Gasteiger partial charge in [-0.3, -0.25) is 4.79 Å². The van der Waals surface area contributed by atoms with E-state index in [4.69, 9.17) is 4.74 Å². The summed E-state index contributed by atoms with van der Waals surface area (Å²) >= 11 is 0. The minimum absolute atomic E-state index is 0.0374. The molecule has 4 unspecified atom stereocenters. The standard InChI is InChI=1S/C14H22O2/c1-5-9(2)14(4)7-6-11-10(3)13(15)16-12(11)8-14/h8-11H,5-7H2,1-4H3. The van der Waals surface area contributed by atoms with Crippen LogP contribution < -0.4 is 0 Å². The van der Waals surface area contributed by atoms with Crippen molar-refractivity contribution in [3.8, 4) is 0 Å². The van der Waals surface area contributed by atoms with Crippen LogP contribution in [-0.2, 0) is 9.53 Å². The van der Waals surface area contributed by atoms with E-state index in [0.717, 1.165) is 12.2 Å². The molecule has 0 aromatic heterocycles. The second-order valence-corrected chi connectivity index (χ2v) is 5.72. The number of hydrogen-bond acceptors (Lipinski definition) is 2. The van der Waals surface area contributed by atoms with Crippen LogP contribution in [0.4, 0.5) is 0 Å². The van der Waals surface area contributed by atoms with Crippen molar-refractivity contribution in [2.24, 2.45) is 23.2 Å². The average molecular weight is 222 g/mol. The largest absolute Gasteiger partial charge is 0.431 e. The lowest BCUT2D eigenvalue weighted by molar-refractivity contribution is -0.138. The number of carbonyl (C=O) groups is 1. The quantitative estimate of drug-likeness (QED) is 0.668. The smallest absolute Gasteiger partial charge is 0.314 e. The Kier molecular flexibility index (Phi) is 2.85. The van der Waals surface area contributed by atoms with Crippen molar-refractivity contribution in [1.82, 2.24) is 0 Å². The van der Waals surface area contributed by atoms with Crippen molar-refractivity contribution in [2.45, 2.75) is 47.0 Å². The van der Waals surface area contributed by atoms with Crippen LogP contribution in [0.2, 0.25) is 0 Å². The fraction of sp³-hybridized carbons (Fsp3) is 0.786. The van der Waals surface area contributed by atoms with E-state index in [0.29, 0.717) is 11.8 Å². The molecule has 0 aromatic rings. The molecular weight excluding hydrogens is 200 g/mol. The van der Waals surface area contributed by atoms with E-state index < -0.39 is 0 Å². The molecule has 2 heteroatoms. The van der Waals surface area contributed by atoms with Crippen molar-refractivity contribution >= 4 is 5.97 Å². The molecule has 90 valence electrons. The number of fused-ring (bicyclic) bond motifs is 1. The molecule has 0 aromatic carbocycles. The molecule has 4 atom stereocenters. The first kappa shape index (κ1) is 11.7. The van der Waals surface area contributed by atoms with Gasteiger partial charge in [0.1, 0.15) is 5.76 Å². The van der Waals surface area contributed by atoms with Gasteiger partial charge in [-0.05, 0) is 30.3 Å². The van der Waals surface area contributed by atoms with Crippen LogP contribution in [0.5, 0.6) is 0 Å². The van der Waals surface area contributed by atoms with Crippen LogP contribution in [-0.4, -0.2) is 5.97 Å². The van der Waals surface area contributed by atoms with E-state index in [1.54, 1.807) is 0 Å². The first-order valence-electron chi connectivity index (χ1n) is 6.42. The van der Waals surface area contributed by atoms with Gasteiger partial charge in [-0.1, -0.05) is 34.1 Å². The monoisotopic (exact) mass is 222 g/mol. The Hall–Kier alpha value is -0.790. The molecule has 1 aliphatic heterocycles. The predicted molar refractivity (Wildman–Crippen MR) is 63.6 cm³/mol. The molecule has 2 rings (SSSR count). The van der Waals surface area contributed by atoms with Gasteiger partial charge < -0.3 is 4.74 Å². The van der Waals surface area contributed by atoms with E-state index in [9.17, 15) is 4.79 Å². The molecule has 1 fully saturated rings. The highest BCUT2D eigenvalue weighted by Gasteiger charge is 2.44. The summed E-state index contributed by atoms with van der Waals surface area (Å²) < 4.78 is 5.39. The molecule has 2 nitrogen and oxygen atoms in total. The highest BCUT2D eigenvalue weighted by Crippen LogP contribution is 2.48. The maximum Gasteiger partial charge on any atom is 0.314 e. The lowest BCUT2D eigenvalue weighted by atomic mass is 9.67. The molecule has 0 bridgehead atoms. The molecular formula is C14H22O2. The lowest BCUT2D eigenvalue weighted by Crippen LogP contribution is -2.29. The van der Waals surface area contributed by atoms with Crippen molar-refractivity contribution in [3.63, 3.8) is 0 Å². The Morgan fingerprint density at radius 1 is 1.62 bits per heavy atom. The van der Waals surface area contributed by atoms with Gasteiger partial charge in [0.25, 0.3) is 0 Å². The van der Waals surface area contributed by atoms with Gasteiger partial charge in [-0.25, -0.2) is 0 Å². The van der Waals surface area contributed by atoms with Crippen LogP contribution in [0, 0.1) is 23.2 Å². The van der Waals surface area contributed by atoms with Crippen LogP contribution in [0.25, 0.3) is 0 Å². The molecule has 0 radical (unpaired) electrons. The number of carbonyl (C=O) groups excluding carboxylic acids is 1. The topological polar surface area (TPSA) is 26.3 Å². The van der Waals surface area contributed by atoms with Crippen molar-refractivity contribution in [2.75, 3.05) is 0 Å². The zero-order chi connectivity index (χ0) is 11.9. The van der Waals surface area contributed by atoms with Gasteiger partial charge >= 0.3 is 5.97 Å². The Morgan fingerprint density at radius 2 is 2.31 bits per heavy atom. The highest BCUT2D eigenvalue weighted by atomic mass is 16.5. The molecule has 0 N–H and O–H groups in total.